The van der Waals surface area contributed by atoms with Gasteiger partial charge in [0.1, 0.15) is 0 Å². The predicted molar refractivity (Wildman–Crippen MR) is 78.2 cm³/mol. The zero-order chi connectivity index (χ0) is 14.3. The Morgan fingerprint density at radius 2 is 2.21 bits per heavy atom. The Balaban J connectivity index is 2.39. The average molecular weight is 331 g/mol. The van der Waals surface area contributed by atoms with Gasteiger partial charge in [-0.05, 0) is 18.1 Å². The lowest BCUT2D eigenvalue weighted by atomic mass is 10.2. The Labute approximate surface area is 121 Å². The highest BCUT2D eigenvalue weighted by Gasteiger charge is 2.13. The second-order valence-corrected chi connectivity index (χ2v) is 5.59. The van der Waals surface area contributed by atoms with Crippen molar-refractivity contribution in [2.45, 2.75) is 20.4 Å². The summed E-state index contributed by atoms with van der Waals surface area (Å²) >= 11 is 3.24. The largest absolute Gasteiger partial charge is 0.380 e. The number of ether oxygens (including phenoxy) is 1. The Hall–Kier alpha value is -0.980. The minimum Gasteiger partial charge on any atom is -0.380 e. The summed E-state index contributed by atoms with van der Waals surface area (Å²) in [4.78, 5) is 10.6. The molecule has 0 unspecified atom stereocenters. The van der Waals surface area contributed by atoms with Crippen molar-refractivity contribution in [2.75, 3.05) is 19.8 Å². The van der Waals surface area contributed by atoms with E-state index in [0.717, 1.165) is 6.61 Å². The third-order valence-electron chi connectivity index (χ3n) is 2.43. The summed E-state index contributed by atoms with van der Waals surface area (Å²) in [5, 5.41) is 14.1. The number of nitro groups is 1. The molecule has 0 aliphatic carbocycles. The maximum atomic E-state index is 10.9. The molecule has 0 amide bonds. The molecule has 19 heavy (non-hydrogen) atoms. The molecule has 0 saturated carbocycles. The van der Waals surface area contributed by atoms with E-state index in [9.17, 15) is 10.1 Å². The van der Waals surface area contributed by atoms with Crippen molar-refractivity contribution in [1.29, 1.82) is 0 Å². The van der Waals surface area contributed by atoms with Crippen LogP contribution in [0.5, 0.6) is 0 Å². The van der Waals surface area contributed by atoms with Crippen molar-refractivity contribution in [2.24, 2.45) is 5.92 Å². The van der Waals surface area contributed by atoms with Crippen LogP contribution < -0.4 is 5.32 Å². The van der Waals surface area contributed by atoms with Gasteiger partial charge >= 0.3 is 0 Å². The van der Waals surface area contributed by atoms with E-state index in [1.54, 1.807) is 12.1 Å². The molecule has 0 atom stereocenters. The van der Waals surface area contributed by atoms with Gasteiger partial charge in [-0.1, -0.05) is 29.8 Å². The quantitative estimate of drug-likeness (QED) is 0.452. The van der Waals surface area contributed by atoms with Gasteiger partial charge in [0.25, 0.3) is 5.69 Å². The molecular weight excluding hydrogens is 312 g/mol. The van der Waals surface area contributed by atoms with Crippen molar-refractivity contribution in [3.8, 4) is 0 Å². The summed E-state index contributed by atoms with van der Waals surface area (Å²) in [6.07, 6.45) is 0. The molecule has 0 radical (unpaired) electrons. The molecule has 0 spiro atoms. The van der Waals surface area contributed by atoms with Crippen LogP contribution in [0.4, 0.5) is 5.69 Å². The minimum atomic E-state index is -0.364. The number of hydrogen-bond donors (Lipinski definition) is 1. The molecule has 1 aromatic rings. The SMILES string of the molecule is CC(C)COCCNCc1ccc(Br)cc1[N+](=O)[O-]. The van der Waals surface area contributed by atoms with Gasteiger partial charge in [-0.25, -0.2) is 0 Å². The molecule has 0 aromatic heterocycles. The molecule has 1 N–H and O–H groups in total. The van der Waals surface area contributed by atoms with Gasteiger partial charge in [0.2, 0.25) is 0 Å². The molecule has 6 heteroatoms. The molecule has 0 heterocycles. The summed E-state index contributed by atoms with van der Waals surface area (Å²) in [5.74, 6) is 0.521. The third-order valence-corrected chi connectivity index (χ3v) is 2.93. The molecule has 0 aliphatic rings. The van der Waals surface area contributed by atoms with E-state index in [4.69, 9.17) is 4.74 Å². The Bertz CT molecular complexity index is 424. The van der Waals surface area contributed by atoms with E-state index in [0.29, 0.717) is 35.7 Å². The molecule has 5 nitrogen and oxygen atoms in total. The zero-order valence-corrected chi connectivity index (χ0v) is 12.8. The van der Waals surface area contributed by atoms with E-state index in [2.05, 4.69) is 35.1 Å². The molecule has 1 rings (SSSR count). The lowest BCUT2D eigenvalue weighted by Crippen LogP contribution is -2.20. The van der Waals surface area contributed by atoms with Crippen LogP contribution in [0.15, 0.2) is 22.7 Å². The Morgan fingerprint density at radius 3 is 2.84 bits per heavy atom. The summed E-state index contributed by atoms with van der Waals surface area (Å²) in [6.45, 7) is 6.69. The molecular formula is C13H19BrN2O3. The van der Waals surface area contributed by atoms with Crippen LogP contribution in [0.2, 0.25) is 0 Å². The van der Waals surface area contributed by atoms with Crippen LogP contribution in [0.25, 0.3) is 0 Å². The molecule has 0 saturated heterocycles. The first kappa shape index (κ1) is 16.1. The highest BCUT2D eigenvalue weighted by Crippen LogP contribution is 2.23. The lowest BCUT2D eigenvalue weighted by Gasteiger charge is -2.08. The zero-order valence-electron chi connectivity index (χ0n) is 11.2. The second kappa shape index (κ2) is 8.24. The van der Waals surface area contributed by atoms with E-state index >= 15 is 0 Å². The van der Waals surface area contributed by atoms with Crippen LogP contribution in [-0.4, -0.2) is 24.7 Å². The molecule has 0 fully saturated rings. The van der Waals surface area contributed by atoms with Crippen molar-refractivity contribution in [3.05, 3.63) is 38.3 Å². The van der Waals surface area contributed by atoms with Crippen molar-refractivity contribution in [1.82, 2.24) is 5.32 Å². The van der Waals surface area contributed by atoms with Crippen molar-refractivity contribution >= 4 is 21.6 Å². The maximum absolute atomic E-state index is 10.9. The molecule has 0 bridgehead atoms. The fraction of sp³-hybridized carbons (Fsp3) is 0.538. The van der Waals surface area contributed by atoms with E-state index in [1.807, 2.05) is 0 Å². The van der Waals surface area contributed by atoms with E-state index < -0.39 is 0 Å². The summed E-state index contributed by atoms with van der Waals surface area (Å²) in [5.41, 5.74) is 0.807. The maximum Gasteiger partial charge on any atom is 0.275 e. The van der Waals surface area contributed by atoms with E-state index in [1.165, 1.54) is 6.07 Å². The second-order valence-electron chi connectivity index (χ2n) is 4.68. The van der Waals surface area contributed by atoms with Crippen LogP contribution in [0.1, 0.15) is 19.4 Å². The Kier molecular flexibility index (Phi) is 6.97. The Morgan fingerprint density at radius 1 is 1.47 bits per heavy atom. The monoisotopic (exact) mass is 330 g/mol. The number of hydrogen-bond acceptors (Lipinski definition) is 4. The van der Waals surface area contributed by atoms with Crippen LogP contribution in [-0.2, 0) is 11.3 Å². The van der Waals surface area contributed by atoms with Gasteiger partial charge < -0.3 is 10.1 Å². The third kappa shape index (κ3) is 6.13. The van der Waals surface area contributed by atoms with Crippen molar-refractivity contribution < 1.29 is 9.66 Å². The minimum absolute atomic E-state index is 0.130. The number of nitrogens with one attached hydrogen (secondary N) is 1. The van der Waals surface area contributed by atoms with Crippen LogP contribution in [0.3, 0.4) is 0 Å². The summed E-state index contributed by atoms with van der Waals surface area (Å²) < 4.78 is 6.14. The van der Waals surface area contributed by atoms with Crippen molar-refractivity contribution in [3.63, 3.8) is 0 Å². The lowest BCUT2D eigenvalue weighted by molar-refractivity contribution is -0.385. The summed E-state index contributed by atoms with van der Waals surface area (Å²) in [7, 11) is 0. The fourth-order valence-corrected chi connectivity index (χ4v) is 1.89. The van der Waals surface area contributed by atoms with Crippen LogP contribution >= 0.6 is 15.9 Å². The molecule has 1 aromatic carbocycles. The smallest absolute Gasteiger partial charge is 0.275 e. The first-order valence-electron chi connectivity index (χ1n) is 6.22. The highest BCUT2D eigenvalue weighted by atomic mass is 79.9. The number of nitrogens with zero attached hydrogens (tertiary/aromatic N) is 1. The van der Waals surface area contributed by atoms with Gasteiger partial charge in [-0.3, -0.25) is 10.1 Å². The van der Waals surface area contributed by atoms with Gasteiger partial charge in [0.15, 0.2) is 0 Å². The van der Waals surface area contributed by atoms with Crippen LogP contribution in [0, 0.1) is 16.0 Å². The number of benzene rings is 1. The van der Waals surface area contributed by atoms with Gasteiger partial charge in [0.05, 0.1) is 11.5 Å². The highest BCUT2D eigenvalue weighted by molar-refractivity contribution is 9.10. The molecule has 0 aliphatic heterocycles. The van der Waals surface area contributed by atoms with Gasteiger partial charge in [0, 0.05) is 35.8 Å². The van der Waals surface area contributed by atoms with Gasteiger partial charge in [-0.2, -0.15) is 0 Å². The normalized spacial score (nSPS) is 10.9. The first-order valence-corrected chi connectivity index (χ1v) is 7.01. The first-order chi connectivity index (χ1) is 9.00. The fourth-order valence-electron chi connectivity index (χ4n) is 1.54. The number of rotatable bonds is 8. The number of halogens is 1. The van der Waals surface area contributed by atoms with Gasteiger partial charge in [-0.15, -0.1) is 0 Å². The summed E-state index contributed by atoms with van der Waals surface area (Å²) in [6, 6.07) is 5.08. The molecule has 106 valence electrons. The average Bonchev–Trinajstić information content (AvgIpc) is 2.34. The van der Waals surface area contributed by atoms with E-state index in [-0.39, 0.29) is 10.6 Å². The topological polar surface area (TPSA) is 64.4 Å². The number of nitro benzene ring substituents is 1. The predicted octanol–water partition coefficient (Wildman–Crippen LogP) is 3.12. The standard InChI is InChI=1S/C13H19BrN2O3/c1-10(2)9-19-6-5-15-8-11-3-4-12(14)7-13(11)16(17)18/h3-4,7,10,15H,5-6,8-9H2,1-2H3.